The number of halogens is 1. The van der Waals surface area contributed by atoms with Crippen molar-refractivity contribution in [3.8, 4) is 0 Å². The maximum Gasteiger partial charge on any atom is 0.251 e. The van der Waals surface area contributed by atoms with Crippen molar-refractivity contribution < 1.29 is 4.79 Å². The number of aromatic nitrogens is 2. The molecular formula is C14H15ClN4O. The molecule has 0 aromatic carbocycles. The van der Waals surface area contributed by atoms with E-state index in [0.717, 1.165) is 17.7 Å². The second-order valence-corrected chi connectivity index (χ2v) is 4.64. The van der Waals surface area contributed by atoms with Crippen LogP contribution in [-0.4, -0.2) is 15.9 Å². The minimum atomic E-state index is -0.256. The number of hydrogen-bond acceptors (Lipinski definition) is 4. The molecule has 104 valence electrons. The number of aryl methyl sites for hydroxylation is 1. The van der Waals surface area contributed by atoms with Crippen LogP contribution in [0.25, 0.3) is 0 Å². The van der Waals surface area contributed by atoms with Gasteiger partial charge in [-0.3, -0.25) is 9.78 Å². The highest BCUT2D eigenvalue weighted by Gasteiger charge is 2.09. The Balaban J connectivity index is 2.08. The molecule has 0 aliphatic carbocycles. The SMILES string of the molecule is CCc1cccnc1CNC(=O)c1cc(N)nc(Cl)c1. The van der Waals surface area contributed by atoms with E-state index in [1.165, 1.54) is 12.1 Å². The van der Waals surface area contributed by atoms with Gasteiger partial charge < -0.3 is 11.1 Å². The zero-order chi connectivity index (χ0) is 14.5. The monoisotopic (exact) mass is 290 g/mol. The molecule has 2 heterocycles. The van der Waals surface area contributed by atoms with Gasteiger partial charge in [-0.05, 0) is 30.2 Å². The van der Waals surface area contributed by atoms with E-state index in [2.05, 4.69) is 15.3 Å². The molecular weight excluding hydrogens is 276 g/mol. The molecule has 0 saturated heterocycles. The van der Waals surface area contributed by atoms with Gasteiger partial charge in [-0.15, -0.1) is 0 Å². The molecule has 0 aliphatic rings. The van der Waals surface area contributed by atoms with Gasteiger partial charge in [0, 0.05) is 11.8 Å². The zero-order valence-corrected chi connectivity index (χ0v) is 11.8. The number of carbonyl (C=O) groups is 1. The van der Waals surface area contributed by atoms with Crippen LogP contribution in [0, 0.1) is 0 Å². The Morgan fingerprint density at radius 3 is 2.95 bits per heavy atom. The maximum absolute atomic E-state index is 12.0. The normalized spacial score (nSPS) is 10.3. The Hall–Kier alpha value is -2.14. The lowest BCUT2D eigenvalue weighted by atomic mass is 10.1. The van der Waals surface area contributed by atoms with Crippen molar-refractivity contribution >= 4 is 23.3 Å². The minimum absolute atomic E-state index is 0.197. The van der Waals surface area contributed by atoms with Crippen LogP contribution < -0.4 is 11.1 Å². The van der Waals surface area contributed by atoms with Crippen LogP contribution in [0.15, 0.2) is 30.5 Å². The Kier molecular flexibility index (Phi) is 4.53. The summed E-state index contributed by atoms with van der Waals surface area (Å²) in [6.07, 6.45) is 2.58. The van der Waals surface area contributed by atoms with E-state index in [1.807, 2.05) is 19.1 Å². The van der Waals surface area contributed by atoms with Gasteiger partial charge in [0.15, 0.2) is 0 Å². The van der Waals surface area contributed by atoms with Crippen LogP contribution in [0.4, 0.5) is 5.82 Å². The Labute approximate surface area is 122 Å². The summed E-state index contributed by atoms with van der Waals surface area (Å²) in [7, 11) is 0. The molecule has 0 fully saturated rings. The molecule has 0 unspecified atom stereocenters. The number of carbonyl (C=O) groups excluding carboxylic acids is 1. The third-order valence-electron chi connectivity index (χ3n) is 2.86. The van der Waals surface area contributed by atoms with Gasteiger partial charge in [-0.1, -0.05) is 24.6 Å². The lowest BCUT2D eigenvalue weighted by Gasteiger charge is -2.08. The fourth-order valence-electron chi connectivity index (χ4n) is 1.87. The van der Waals surface area contributed by atoms with E-state index in [9.17, 15) is 4.79 Å². The largest absolute Gasteiger partial charge is 0.384 e. The van der Waals surface area contributed by atoms with Crippen LogP contribution in [0.3, 0.4) is 0 Å². The summed E-state index contributed by atoms with van der Waals surface area (Å²) in [6, 6.07) is 6.84. The first-order chi connectivity index (χ1) is 9.60. The standard InChI is InChI=1S/C14H15ClN4O/c1-2-9-4-3-5-17-11(9)8-18-14(20)10-6-12(15)19-13(16)7-10/h3-7H,2,8H2,1H3,(H2,16,19)(H,18,20). The fraction of sp³-hybridized carbons (Fsp3) is 0.214. The maximum atomic E-state index is 12.0. The molecule has 0 radical (unpaired) electrons. The zero-order valence-electron chi connectivity index (χ0n) is 11.1. The number of nitrogens with one attached hydrogen (secondary N) is 1. The van der Waals surface area contributed by atoms with Crippen molar-refractivity contribution in [2.45, 2.75) is 19.9 Å². The van der Waals surface area contributed by atoms with E-state index >= 15 is 0 Å². The van der Waals surface area contributed by atoms with E-state index in [0.29, 0.717) is 12.1 Å². The number of anilines is 1. The van der Waals surface area contributed by atoms with Crippen LogP contribution >= 0.6 is 11.6 Å². The van der Waals surface area contributed by atoms with E-state index < -0.39 is 0 Å². The summed E-state index contributed by atoms with van der Waals surface area (Å²) in [5.41, 5.74) is 7.92. The lowest BCUT2D eigenvalue weighted by Crippen LogP contribution is -2.24. The van der Waals surface area contributed by atoms with Crippen LogP contribution in [0.5, 0.6) is 0 Å². The van der Waals surface area contributed by atoms with Gasteiger partial charge in [0.2, 0.25) is 0 Å². The number of nitrogens with two attached hydrogens (primary N) is 1. The number of nitrogens with zero attached hydrogens (tertiary/aromatic N) is 2. The fourth-order valence-corrected chi connectivity index (χ4v) is 2.08. The number of nitrogen functional groups attached to an aromatic ring is 1. The second kappa shape index (κ2) is 6.34. The minimum Gasteiger partial charge on any atom is -0.384 e. The van der Waals surface area contributed by atoms with E-state index in [1.54, 1.807) is 6.20 Å². The molecule has 2 aromatic heterocycles. The summed E-state index contributed by atoms with van der Waals surface area (Å²) >= 11 is 5.78. The van der Waals surface area contributed by atoms with Crippen LogP contribution in [0.1, 0.15) is 28.5 Å². The highest BCUT2D eigenvalue weighted by Crippen LogP contribution is 2.12. The molecule has 0 spiro atoms. The first-order valence-corrected chi connectivity index (χ1v) is 6.62. The molecule has 3 N–H and O–H groups in total. The number of rotatable bonds is 4. The predicted molar refractivity (Wildman–Crippen MR) is 78.4 cm³/mol. The van der Waals surface area contributed by atoms with Gasteiger partial charge in [0.25, 0.3) is 5.91 Å². The molecule has 6 heteroatoms. The Bertz CT molecular complexity index is 610. The van der Waals surface area contributed by atoms with Crippen molar-refractivity contribution in [1.82, 2.24) is 15.3 Å². The number of hydrogen-bond donors (Lipinski definition) is 2. The van der Waals surface area contributed by atoms with Gasteiger partial charge in [-0.2, -0.15) is 0 Å². The van der Waals surface area contributed by atoms with Crippen molar-refractivity contribution in [3.63, 3.8) is 0 Å². The topological polar surface area (TPSA) is 80.9 Å². The summed E-state index contributed by atoms with van der Waals surface area (Å²) in [5, 5.41) is 3.00. The predicted octanol–water partition coefficient (Wildman–Crippen LogP) is 2.20. The van der Waals surface area contributed by atoms with Gasteiger partial charge in [-0.25, -0.2) is 4.98 Å². The molecule has 1 amide bonds. The molecule has 0 aliphatic heterocycles. The Morgan fingerprint density at radius 2 is 2.25 bits per heavy atom. The Morgan fingerprint density at radius 1 is 1.45 bits per heavy atom. The molecule has 0 atom stereocenters. The quantitative estimate of drug-likeness (QED) is 0.846. The molecule has 2 rings (SSSR count). The van der Waals surface area contributed by atoms with Gasteiger partial charge in [0.1, 0.15) is 11.0 Å². The van der Waals surface area contributed by atoms with Crippen LogP contribution in [-0.2, 0) is 13.0 Å². The second-order valence-electron chi connectivity index (χ2n) is 4.25. The van der Waals surface area contributed by atoms with Crippen molar-refractivity contribution in [1.29, 1.82) is 0 Å². The number of amides is 1. The summed E-state index contributed by atoms with van der Waals surface area (Å²) in [4.78, 5) is 20.1. The van der Waals surface area contributed by atoms with E-state index in [4.69, 9.17) is 17.3 Å². The lowest BCUT2D eigenvalue weighted by molar-refractivity contribution is 0.0950. The van der Waals surface area contributed by atoms with Crippen molar-refractivity contribution in [2.75, 3.05) is 5.73 Å². The summed E-state index contributed by atoms with van der Waals surface area (Å²) in [5.74, 6) is -0.0385. The first-order valence-electron chi connectivity index (χ1n) is 6.24. The third kappa shape index (κ3) is 3.45. The number of pyridine rings is 2. The molecule has 5 nitrogen and oxygen atoms in total. The highest BCUT2D eigenvalue weighted by molar-refractivity contribution is 6.29. The average molecular weight is 291 g/mol. The summed E-state index contributed by atoms with van der Waals surface area (Å²) < 4.78 is 0. The first kappa shape index (κ1) is 14.3. The van der Waals surface area contributed by atoms with Gasteiger partial charge >= 0.3 is 0 Å². The van der Waals surface area contributed by atoms with Gasteiger partial charge in [0.05, 0.1) is 12.2 Å². The molecule has 20 heavy (non-hydrogen) atoms. The average Bonchev–Trinajstić information content (AvgIpc) is 2.44. The smallest absolute Gasteiger partial charge is 0.251 e. The van der Waals surface area contributed by atoms with E-state index in [-0.39, 0.29) is 16.9 Å². The summed E-state index contributed by atoms with van der Waals surface area (Å²) in [6.45, 7) is 2.41. The van der Waals surface area contributed by atoms with Crippen molar-refractivity contribution in [2.24, 2.45) is 0 Å². The third-order valence-corrected chi connectivity index (χ3v) is 3.05. The van der Waals surface area contributed by atoms with Crippen molar-refractivity contribution in [3.05, 3.63) is 52.4 Å². The highest BCUT2D eigenvalue weighted by atomic mass is 35.5. The van der Waals surface area contributed by atoms with Crippen LogP contribution in [0.2, 0.25) is 5.15 Å². The molecule has 0 saturated carbocycles. The molecule has 2 aromatic rings. The molecule has 0 bridgehead atoms.